The van der Waals surface area contributed by atoms with Crippen LogP contribution in [-0.2, 0) is 0 Å². The Labute approximate surface area is 158 Å². The van der Waals surface area contributed by atoms with Crippen LogP contribution in [0.15, 0.2) is 61.1 Å². The van der Waals surface area contributed by atoms with Crippen LogP contribution >= 0.6 is 11.3 Å². The van der Waals surface area contributed by atoms with Gasteiger partial charge in [-0.1, -0.05) is 18.2 Å². The molecule has 2 N–H and O–H groups in total. The van der Waals surface area contributed by atoms with E-state index in [9.17, 15) is 0 Å². The SMILES string of the molecule is Cc1cc(Nc2ncn(-c3ccccc3)n2)cc(Nc2ncc(C)s2)c1.[HH].[HH]. The number of para-hydroxylation sites is 1. The maximum absolute atomic E-state index is 4.49. The van der Waals surface area contributed by atoms with E-state index < -0.39 is 0 Å². The van der Waals surface area contributed by atoms with Gasteiger partial charge in [0.15, 0.2) is 5.13 Å². The molecule has 0 fully saturated rings. The lowest BCUT2D eigenvalue weighted by Gasteiger charge is -2.08. The van der Waals surface area contributed by atoms with Gasteiger partial charge >= 0.3 is 0 Å². The first-order valence-electron chi connectivity index (χ1n) is 8.21. The van der Waals surface area contributed by atoms with Gasteiger partial charge in [-0.25, -0.2) is 9.67 Å². The summed E-state index contributed by atoms with van der Waals surface area (Å²) in [6.07, 6.45) is 3.56. The number of anilines is 4. The van der Waals surface area contributed by atoms with Crippen LogP contribution in [0.25, 0.3) is 5.69 Å². The van der Waals surface area contributed by atoms with Crippen LogP contribution in [-0.4, -0.2) is 19.7 Å². The van der Waals surface area contributed by atoms with Crippen molar-refractivity contribution < 1.29 is 2.85 Å². The summed E-state index contributed by atoms with van der Waals surface area (Å²) in [5.74, 6) is 0.551. The first kappa shape index (κ1) is 16.3. The zero-order valence-electron chi connectivity index (χ0n) is 14.5. The van der Waals surface area contributed by atoms with E-state index in [1.54, 1.807) is 22.3 Å². The first-order chi connectivity index (χ1) is 12.7. The van der Waals surface area contributed by atoms with Crippen molar-refractivity contribution in [2.24, 2.45) is 0 Å². The fourth-order valence-corrected chi connectivity index (χ4v) is 3.30. The summed E-state index contributed by atoms with van der Waals surface area (Å²) in [6, 6.07) is 16.1. The van der Waals surface area contributed by atoms with E-state index in [0.29, 0.717) is 5.95 Å². The molecule has 4 aromatic rings. The summed E-state index contributed by atoms with van der Waals surface area (Å²) in [6.45, 7) is 4.10. The zero-order chi connectivity index (χ0) is 17.9. The van der Waals surface area contributed by atoms with Crippen molar-refractivity contribution in [3.8, 4) is 5.69 Å². The van der Waals surface area contributed by atoms with Gasteiger partial charge in [-0.3, -0.25) is 0 Å². The number of hydrogen-bond acceptors (Lipinski definition) is 6. The van der Waals surface area contributed by atoms with Gasteiger partial charge in [-0.15, -0.1) is 16.4 Å². The Morgan fingerprint density at radius 1 is 0.962 bits per heavy atom. The molecule has 0 spiro atoms. The molecule has 0 amide bonds. The molecule has 2 aromatic heterocycles. The van der Waals surface area contributed by atoms with Gasteiger partial charge in [-0.2, -0.15) is 4.98 Å². The van der Waals surface area contributed by atoms with Gasteiger partial charge in [0.25, 0.3) is 0 Å². The van der Waals surface area contributed by atoms with Crippen molar-refractivity contribution in [1.29, 1.82) is 0 Å². The van der Waals surface area contributed by atoms with Crippen molar-refractivity contribution in [2.45, 2.75) is 13.8 Å². The number of aryl methyl sites for hydroxylation is 2. The molecule has 4 rings (SSSR count). The van der Waals surface area contributed by atoms with Crippen LogP contribution in [0.4, 0.5) is 22.5 Å². The van der Waals surface area contributed by atoms with Crippen molar-refractivity contribution in [3.05, 3.63) is 71.5 Å². The molecule has 0 aliphatic carbocycles. The van der Waals surface area contributed by atoms with Gasteiger partial charge in [0, 0.05) is 25.3 Å². The Bertz CT molecular complexity index is 1030. The molecule has 0 aliphatic rings. The Kier molecular flexibility index (Phi) is 4.37. The highest BCUT2D eigenvalue weighted by Crippen LogP contribution is 2.26. The van der Waals surface area contributed by atoms with Crippen LogP contribution in [0, 0.1) is 13.8 Å². The van der Waals surface area contributed by atoms with Gasteiger partial charge in [0.1, 0.15) is 6.33 Å². The van der Waals surface area contributed by atoms with E-state index >= 15 is 0 Å². The molecule has 7 heteroatoms. The zero-order valence-corrected chi connectivity index (χ0v) is 15.3. The molecule has 0 radical (unpaired) electrons. The summed E-state index contributed by atoms with van der Waals surface area (Å²) in [5, 5.41) is 12.0. The lowest BCUT2D eigenvalue weighted by atomic mass is 10.2. The second kappa shape index (κ2) is 6.97. The number of nitrogens with zero attached hydrogens (tertiary/aromatic N) is 4. The Hall–Kier alpha value is -3.19. The molecule has 0 unspecified atom stereocenters. The second-order valence-corrected chi connectivity index (χ2v) is 7.20. The van der Waals surface area contributed by atoms with Crippen molar-refractivity contribution in [3.63, 3.8) is 0 Å². The standard InChI is InChI=1S/C19H18N6S.2H2/c1-13-8-15(10-16(9-13)23-19-20-11-14(2)26-19)22-18-21-12-25(24-18)17-6-4-3-5-7-17;;/h3-12H,1-2H3,(H,20,23)(H,22,24);2*1H. The van der Waals surface area contributed by atoms with E-state index in [0.717, 1.165) is 27.8 Å². The van der Waals surface area contributed by atoms with Crippen LogP contribution in [0.3, 0.4) is 0 Å². The predicted molar refractivity (Wildman–Crippen MR) is 110 cm³/mol. The molecule has 0 bridgehead atoms. The summed E-state index contributed by atoms with van der Waals surface area (Å²) in [4.78, 5) is 9.87. The molecule has 2 heterocycles. The van der Waals surface area contributed by atoms with Crippen molar-refractivity contribution in [1.82, 2.24) is 19.7 Å². The molecule has 134 valence electrons. The number of benzene rings is 2. The predicted octanol–water partition coefficient (Wildman–Crippen LogP) is 5.32. The normalized spacial score (nSPS) is 10.7. The van der Waals surface area contributed by atoms with Crippen LogP contribution in [0.2, 0.25) is 0 Å². The third kappa shape index (κ3) is 3.73. The van der Waals surface area contributed by atoms with E-state index in [1.807, 2.05) is 49.5 Å². The van der Waals surface area contributed by atoms with E-state index in [-0.39, 0.29) is 2.85 Å². The van der Waals surface area contributed by atoms with Gasteiger partial charge < -0.3 is 10.6 Å². The maximum Gasteiger partial charge on any atom is 0.246 e. The average Bonchev–Trinajstić information content (AvgIpc) is 3.24. The van der Waals surface area contributed by atoms with Crippen LogP contribution < -0.4 is 10.6 Å². The van der Waals surface area contributed by atoms with Gasteiger partial charge in [0.2, 0.25) is 5.95 Å². The minimum Gasteiger partial charge on any atom is -0.331 e. The maximum atomic E-state index is 4.49. The molecular weight excluding hydrogens is 344 g/mol. The fraction of sp³-hybridized carbons (Fsp3) is 0.105. The molecule has 0 atom stereocenters. The third-order valence-corrected chi connectivity index (χ3v) is 4.55. The molecular formula is C19H22N6S. The minimum atomic E-state index is 0. The highest BCUT2D eigenvalue weighted by atomic mass is 32.1. The number of rotatable bonds is 5. The highest BCUT2D eigenvalue weighted by Gasteiger charge is 2.06. The minimum absolute atomic E-state index is 0. The lowest BCUT2D eigenvalue weighted by Crippen LogP contribution is -1.98. The smallest absolute Gasteiger partial charge is 0.246 e. The first-order valence-corrected chi connectivity index (χ1v) is 9.03. The summed E-state index contributed by atoms with van der Waals surface area (Å²) in [7, 11) is 0. The summed E-state index contributed by atoms with van der Waals surface area (Å²) in [5.41, 5.74) is 4.00. The molecule has 6 nitrogen and oxygen atoms in total. The Balaban J connectivity index is 0.00000140. The monoisotopic (exact) mass is 366 g/mol. The molecule has 26 heavy (non-hydrogen) atoms. The lowest BCUT2D eigenvalue weighted by molar-refractivity contribution is 0.882. The van der Waals surface area contributed by atoms with E-state index in [2.05, 4.69) is 44.8 Å². The molecule has 0 saturated heterocycles. The quantitative estimate of drug-likeness (QED) is 0.500. The Morgan fingerprint density at radius 3 is 2.46 bits per heavy atom. The average molecular weight is 366 g/mol. The fourth-order valence-electron chi connectivity index (χ4n) is 2.62. The number of thiazole rings is 1. The molecule has 0 saturated carbocycles. The number of nitrogens with one attached hydrogen (secondary N) is 2. The molecule has 0 aliphatic heterocycles. The summed E-state index contributed by atoms with van der Waals surface area (Å²) >= 11 is 1.63. The summed E-state index contributed by atoms with van der Waals surface area (Å²) < 4.78 is 1.75. The third-order valence-electron chi connectivity index (χ3n) is 3.72. The van der Waals surface area contributed by atoms with Gasteiger partial charge in [0.05, 0.1) is 5.69 Å². The van der Waals surface area contributed by atoms with Gasteiger partial charge in [-0.05, 0) is 49.7 Å². The highest BCUT2D eigenvalue weighted by molar-refractivity contribution is 7.15. The second-order valence-electron chi connectivity index (χ2n) is 5.96. The number of hydrogen-bond donors (Lipinski definition) is 2. The largest absolute Gasteiger partial charge is 0.331 e. The van der Waals surface area contributed by atoms with Crippen molar-refractivity contribution in [2.75, 3.05) is 10.6 Å². The van der Waals surface area contributed by atoms with E-state index in [1.165, 1.54) is 4.88 Å². The topological polar surface area (TPSA) is 67.7 Å². The molecule has 2 aromatic carbocycles. The van der Waals surface area contributed by atoms with E-state index in [4.69, 9.17) is 0 Å². The number of aromatic nitrogens is 4. The van der Waals surface area contributed by atoms with Crippen molar-refractivity contribution >= 4 is 33.8 Å². The van der Waals surface area contributed by atoms with Crippen LogP contribution in [0.5, 0.6) is 0 Å². The van der Waals surface area contributed by atoms with Crippen LogP contribution in [0.1, 0.15) is 13.3 Å². The Morgan fingerprint density at radius 2 is 1.73 bits per heavy atom.